The van der Waals surface area contributed by atoms with E-state index in [1.165, 1.54) is 0 Å². The van der Waals surface area contributed by atoms with E-state index in [0.29, 0.717) is 24.0 Å². The first-order valence-corrected chi connectivity index (χ1v) is 10.7. The second-order valence-electron chi connectivity index (χ2n) is 7.22. The minimum absolute atomic E-state index is 0. The fourth-order valence-corrected chi connectivity index (χ4v) is 2.74. The molecule has 0 aromatic heterocycles. The summed E-state index contributed by atoms with van der Waals surface area (Å²) in [5.41, 5.74) is 1.25. The Morgan fingerprint density at radius 1 is 0.581 bits per heavy atom. The number of hydrogen-bond donors (Lipinski definition) is 0. The van der Waals surface area contributed by atoms with Gasteiger partial charge in [0.2, 0.25) is 0 Å². The first-order valence-electron chi connectivity index (χ1n) is 10.7. The van der Waals surface area contributed by atoms with Gasteiger partial charge in [0.1, 0.15) is 11.6 Å². The van der Waals surface area contributed by atoms with Gasteiger partial charge in [0.05, 0.1) is 12.8 Å². The molecule has 0 unspecified atom stereocenters. The summed E-state index contributed by atoms with van der Waals surface area (Å²) in [6.45, 7) is 4.07. The largest absolute Gasteiger partial charge is 0.299 e. The van der Waals surface area contributed by atoms with Gasteiger partial charge in [0.25, 0.3) is 0 Å². The maximum Gasteiger partial charge on any atom is 0.170 e. The van der Waals surface area contributed by atoms with Crippen LogP contribution in [0, 0.1) is 0 Å². The number of ketones is 4. The van der Waals surface area contributed by atoms with E-state index in [0.717, 1.165) is 25.7 Å². The van der Waals surface area contributed by atoms with E-state index in [2.05, 4.69) is 0 Å². The molecular weight excluding hydrogens is 440 g/mol. The van der Waals surface area contributed by atoms with Crippen LogP contribution in [-0.4, -0.2) is 23.1 Å². The Morgan fingerprint density at radius 3 is 1.19 bits per heavy atom. The van der Waals surface area contributed by atoms with Crippen LogP contribution in [0.25, 0.3) is 0 Å². The molecular formula is C26H32CuO4. The fraction of sp³-hybridized carbons (Fsp3) is 0.385. The first-order chi connectivity index (χ1) is 14.5. The quantitative estimate of drug-likeness (QED) is 0.215. The average molecular weight is 472 g/mol. The molecule has 0 atom stereocenters. The molecule has 0 aliphatic carbocycles. The van der Waals surface area contributed by atoms with Gasteiger partial charge in [-0.1, -0.05) is 87.4 Å². The summed E-state index contributed by atoms with van der Waals surface area (Å²) in [5, 5.41) is 0. The van der Waals surface area contributed by atoms with Gasteiger partial charge in [-0.05, 0) is 12.8 Å². The maximum atomic E-state index is 11.6. The van der Waals surface area contributed by atoms with Gasteiger partial charge >= 0.3 is 0 Å². The van der Waals surface area contributed by atoms with Crippen LogP contribution in [0.5, 0.6) is 0 Å². The maximum absolute atomic E-state index is 11.6. The number of Topliss-reactive ketones (excluding diaryl/α,β-unsaturated/α-hetero) is 4. The van der Waals surface area contributed by atoms with Crippen LogP contribution in [0.15, 0.2) is 60.7 Å². The van der Waals surface area contributed by atoms with Crippen molar-refractivity contribution in [3.8, 4) is 0 Å². The van der Waals surface area contributed by atoms with Crippen molar-refractivity contribution in [1.82, 2.24) is 0 Å². The van der Waals surface area contributed by atoms with Crippen LogP contribution in [-0.2, 0) is 26.7 Å². The molecule has 0 N–H and O–H groups in total. The van der Waals surface area contributed by atoms with Gasteiger partial charge in [-0.15, -0.1) is 0 Å². The van der Waals surface area contributed by atoms with Gasteiger partial charge in [0.15, 0.2) is 11.6 Å². The smallest absolute Gasteiger partial charge is 0.170 e. The summed E-state index contributed by atoms with van der Waals surface area (Å²) in [6, 6.07) is 17.9. The Balaban J connectivity index is 0.000000562. The predicted molar refractivity (Wildman–Crippen MR) is 120 cm³/mol. The van der Waals surface area contributed by atoms with Crippen molar-refractivity contribution in [1.29, 1.82) is 0 Å². The molecule has 2 rings (SSSR count). The van der Waals surface area contributed by atoms with Crippen LogP contribution in [0.3, 0.4) is 0 Å². The summed E-state index contributed by atoms with van der Waals surface area (Å²) < 4.78 is 0. The monoisotopic (exact) mass is 471 g/mol. The Bertz CT molecular complexity index is 731. The van der Waals surface area contributed by atoms with Crippen molar-refractivity contribution in [2.24, 2.45) is 0 Å². The molecule has 0 fully saturated rings. The molecule has 0 spiro atoms. The molecule has 0 aliphatic heterocycles. The third-order valence-electron chi connectivity index (χ3n) is 4.53. The summed E-state index contributed by atoms with van der Waals surface area (Å²) in [7, 11) is 0. The molecule has 0 bridgehead atoms. The third-order valence-corrected chi connectivity index (χ3v) is 4.53. The minimum Gasteiger partial charge on any atom is -0.299 e. The second kappa shape index (κ2) is 17.3. The molecule has 2 aromatic carbocycles. The molecule has 171 valence electrons. The van der Waals surface area contributed by atoms with E-state index < -0.39 is 0 Å². The van der Waals surface area contributed by atoms with E-state index in [9.17, 15) is 19.2 Å². The number of unbranched alkanes of at least 4 members (excludes halogenated alkanes) is 2. The zero-order valence-corrected chi connectivity index (χ0v) is 19.3. The minimum atomic E-state index is -0.0725. The van der Waals surface area contributed by atoms with Gasteiger partial charge in [-0.2, -0.15) is 0 Å². The summed E-state index contributed by atoms with van der Waals surface area (Å²) >= 11 is 0. The summed E-state index contributed by atoms with van der Waals surface area (Å²) in [5.74, 6) is -0.0511. The Labute approximate surface area is 196 Å². The van der Waals surface area contributed by atoms with Crippen molar-refractivity contribution >= 4 is 23.1 Å². The number of rotatable bonds is 12. The molecule has 0 heterocycles. The van der Waals surface area contributed by atoms with Crippen molar-refractivity contribution < 1.29 is 36.2 Å². The van der Waals surface area contributed by atoms with Crippen LogP contribution >= 0.6 is 0 Å². The second-order valence-corrected chi connectivity index (χ2v) is 7.22. The Hall–Kier alpha value is -2.36. The van der Waals surface area contributed by atoms with E-state index in [1.54, 1.807) is 24.3 Å². The van der Waals surface area contributed by atoms with Crippen molar-refractivity contribution in [2.75, 3.05) is 0 Å². The molecule has 0 amide bonds. The molecule has 4 nitrogen and oxygen atoms in total. The molecule has 0 aliphatic rings. The number of benzene rings is 2. The SMILES string of the molecule is CCCCC(=O)CC(=O)c1ccccc1.CCCCC(=O)CC(=O)c1ccccc1.[Cu]. The number of carbonyl (C=O) groups excluding carboxylic acids is 4. The van der Waals surface area contributed by atoms with Gasteiger partial charge in [-0.25, -0.2) is 0 Å². The molecule has 31 heavy (non-hydrogen) atoms. The fourth-order valence-electron chi connectivity index (χ4n) is 2.74. The molecule has 5 heteroatoms. The zero-order chi connectivity index (χ0) is 22.2. The number of hydrogen-bond acceptors (Lipinski definition) is 4. The van der Waals surface area contributed by atoms with Crippen molar-refractivity contribution in [3.05, 3.63) is 71.8 Å². The van der Waals surface area contributed by atoms with E-state index >= 15 is 0 Å². The summed E-state index contributed by atoms with van der Waals surface area (Å²) in [4.78, 5) is 45.9. The average Bonchev–Trinajstić information content (AvgIpc) is 2.77. The first kappa shape index (κ1) is 28.6. The normalized spacial score (nSPS) is 9.61. The topological polar surface area (TPSA) is 68.3 Å². The zero-order valence-electron chi connectivity index (χ0n) is 18.4. The van der Waals surface area contributed by atoms with Gasteiger partial charge in [0, 0.05) is 41.0 Å². The summed E-state index contributed by atoms with van der Waals surface area (Å²) in [6.07, 6.45) is 4.87. The van der Waals surface area contributed by atoms with Gasteiger partial charge in [-0.3, -0.25) is 19.2 Å². The van der Waals surface area contributed by atoms with E-state index in [-0.39, 0.29) is 53.0 Å². The van der Waals surface area contributed by atoms with Crippen LogP contribution in [0.1, 0.15) is 85.9 Å². The van der Waals surface area contributed by atoms with Crippen molar-refractivity contribution in [2.45, 2.75) is 65.2 Å². The van der Waals surface area contributed by atoms with Crippen molar-refractivity contribution in [3.63, 3.8) is 0 Å². The standard InChI is InChI=1S/2C13H16O2.Cu/c2*1-2-3-9-12(14)10-13(15)11-7-5-4-6-8-11;/h2*4-8H,2-3,9-10H2,1H3;. The van der Waals surface area contributed by atoms with E-state index in [4.69, 9.17) is 0 Å². The van der Waals surface area contributed by atoms with Crippen LogP contribution < -0.4 is 0 Å². The Morgan fingerprint density at radius 2 is 0.903 bits per heavy atom. The van der Waals surface area contributed by atoms with Crippen LogP contribution in [0.4, 0.5) is 0 Å². The van der Waals surface area contributed by atoms with E-state index in [1.807, 2.05) is 50.2 Å². The number of carbonyl (C=O) groups is 4. The molecule has 0 saturated carbocycles. The van der Waals surface area contributed by atoms with Crippen LogP contribution in [0.2, 0.25) is 0 Å². The molecule has 1 radical (unpaired) electrons. The third kappa shape index (κ3) is 12.8. The molecule has 2 aromatic rings. The van der Waals surface area contributed by atoms with Gasteiger partial charge < -0.3 is 0 Å². The Kier molecular flexibility index (Phi) is 16.0. The molecule has 0 saturated heterocycles. The predicted octanol–water partition coefficient (Wildman–Crippen LogP) is 6.03.